The minimum atomic E-state index is -0.104. The van der Waals surface area contributed by atoms with Crippen LogP contribution in [0.4, 0.5) is 16.2 Å². The second-order valence-electron chi connectivity index (χ2n) is 7.41. The maximum Gasteiger partial charge on any atom is 0.326 e. The van der Waals surface area contributed by atoms with E-state index in [0.29, 0.717) is 0 Å². The zero-order valence-corrected chi connectivity index (χ0v) is 18.5. The van der Waals surface area contributed by atoms with E-state index in [1.54, 1.807) is 11.8 Å². The summed E-state index contributed by atoms with van der Waals surface area (Å²) in [6.45, 7) is 0. The molecule has 1 aliphatic heterocycles. The summed E-state index contributed by atoms with van der Waals surface area (Å²) >= 11 is 3.58. The van der Waals surface area contributed by atoms with E-state index in [0.717, 1.165) is 26.9 Å². The van der Waals surface area contributed by atoms with Gasteiger partial charge in [-0.3, -0.25) is 4.90 Å². The van der Waals surface area contributed by atoms with Crippen molar-refractivity contribution in [3.63, 3.8) is 0 Å². The summed E-state index contributed by atoms with van der Waals surface area (Å²) in [6, 6.07) is 26.5. The Morgan fingerprint density at radius 3 is 2.65 bits per heavy atom. The molecule has 154 valence electrons. The lowest BCUT2D eigenvalue weighted by Crippen LogP contribution is -2.49. The summed E-state index contributed by atoms with van der Waals surface area (Å²) in [5, 5.41) is 3.35. The molecule has 5 heteroatoms. The summed E-state index contributed by atoms with van der Waals surface area (Å²) in [5.41, 5.74) is 3.05. The predicted molar refractivity (Wildman–Crippen MR) is 132 cm³/mol. The molecule has 0 saturated carbocycles. The standard InChI is InChI=1S/C26H22N2OS2/c29-26(27-20-11-8-12-21(17-20)30-18-19-9-2-1-3-10-19)28-22-13-4-6-15-24(22)31-25-16-7-5-14-23(25)28/h1-17,22,24H,18H2,(H,27,29). The summed E-state index contributed by atoms with van der Waals surface area (Å²) in [7, 11) is 0. The first-order chi connectivity index (χ1) is 15.3. The van der Waals surface area contributed by atoms with Crippen LogP contribution in [0.15, 0.2) is 113 Å². The molecule has 2 unspecified atom stereocenters. The van der Waals surface area contributed by atoms with Gasteiger partial charge in [0.15, 0.2) is 0 Å². The number of urea groups is 1. The Balaban J connectivity index is 1.35. The minimum absolute atomic E-state index is 0.000498. The van der Waals surface area contributed by atoms with Crippen molar-refractivity contribution in [2.75, 3.05) is 10.2 Å². The molecule has 2 aliphatic rings. The quantitative estimate of drug-likeness (QED) is 0.442. The van der Waals surface area contributed by atoms with Crippen molar-refractivity contribution in [2.24, 2.45) is 0 Å². The van der Waals surface area contributed by atoms with Gasteiger partial charge in [0.2, 0.25) is 0 Å². The molecule has 0 saturated heterocycles. The van der Waals surface area contributed by atoms with Crippen LogP contribution in [-0.2, 0) is 5.75 Å². The Labute approximate surface area is 191 Å². The number of benzene rings is 3. The third-order valence-corrected chi connectivity index (χ3v) is 7.67. The molecule has 0 bridgehead atoms. The summed E-state index contributed by atoms with van der Waals surface area (Å²) in [4.78, 5) is 17.6. The van der Waals surface area contributed by atoms with Crippen LogP contribution in [0.2, 0.25) is 0 Å². The van der Waals surface area contributed by atoms with Gasteiger partial charge in [0.05, 0.1) is 17.0 Å². The number of nitrogens with zero attached hydrogens (tertiary/aromatic N) is 1. The van der Waals surface area contributed by atoms with E-state index < -0.39 is 0 Å². The monoisotopic (exact) mass is 442 g/mol. The Hall–Kier alpha value is -2.89. The van der Waals surface area contributed by atoms with E-state index in [1.165, 1.54) is 5.56 Å². The van der Waals surface area contributed by atoms with Crippen LogP contribution in [0.1, 0.15) is 5.56 Å². The van der Waals surface area contributed by atoms with Crippen LogP contribution in [0.25, 0.3) is 0 Å². The number of anilines is 2. The molecule has 31 heavy (non-hydrogen) atoms. The van der Waals surface area contributed by atoms with Crippen LogP contribution < -0.4 is 10.2 Å². The normalized spacial score (nSPS) is 18.9. The van der Waals surface area contributed by atoms with Gasteiger partial charge in [0, 0.05) is 21.2 Å². The van der Waals surface area contributed by atoms with Crippen molar-refractivity contribution in [3.05, 3.63) is 109 Å². The Morgan fingerprint density at radius 2 is 1.74 bits per heavy atom. The third-order valence-electron chi connectivity index (χ3n) is 5.30. The van der Waals surface area contributed by atoms with E-state index >= 15 is 0 Å². The van der Waals surface area contributed by atoms with Gasteiger partial charge >= 0.3 is 6.03 Å². The van der Waals surface area contributed by atoms with E-state index in [9.17, 15) is 4.79 Å². The van der Waals surface area contributed by atoms with Crippen molar-refractivity contribution in [1.82, 2.24) is 0 Å². The molecule has 2 atom stereocenters. The Kier molecular flexibility index (Phi) is 5.87. The highest BCUT2D eigenvalue weighted by atomic mass is 32.2. The number of hydrogen-bond acceptors (Lipinski definition) is 3. The van der Waals surface area contributed by atoms with Gasteiger partial charge in [-0.2, -0.15) is 0 Å². The Bertz CT molecular complexity index is 1140. The number of allylic oxidation sites excluding steroid dienone is 2. The molecule has 0 fully saturated rings. The lowest BCUT2D eigenvalue weighted by Gasteiger charge is -2.40. The lowest BCUT2D eigenvalue weighted by molar-refractivity contribution is 0.255. The van der Waals surface area contributed by atoms with Gasteiger partial charge in [0.1, 0.15) is 0 Å². The SMILES string of the molecule is O=C(Nc1cccc(SCc2ccccc2)c1)N1c2ccccc2SC2C=CC=CC21. The van der Waals surface area contributed by atoms with Crippen LogP contribution in [0.3, 0.4) is 0 Å². The molecular formula is C26H22N2OS2. The largest absolute Gasteiger partial charge is 0.326 e. The van der Waals surface area contributed by atoms with Crippen molar-refractivity contribution >= 4 is 40.9 Å². The zero-order chi connectivity index (χ0) is 21.0. The summed E-state index contributed by atoms with van der Waals surface area (Å²) in [5.74, 6) is 0.899. The van der Waals surface area contributed by atoms with E-state index in [1.807, 2.05) is 65.2 Å². The maximum absolute atomic E-state index is 13.4. The number of carbonyl (C=O) groups excluding carboxylic acids is 1. The highest BCUT2D eigenvalue weighted by Gasteiger charge is 2.36. The van der Waals surface area contributed by atoms with Gasteiger partial charge < -0.3 is 5.32 Å². The summed E-state index contributed by atoms with van der Waals surface area (Å²) < 4.78 is 0. The van der Waals surface area contributed by atoms with Crippen molar-refractivity contribution in [3.8, 4) is 0 Å². The topological polar surface area (TPSA) is 32.3 Å². The van der Waals surface area contributed by atoms with Gasteiger partial charge in [-0.05, 0) is 35.9 Å². The number of nitrogens with one attached hydrogen (secondary N) is 1. The highest BCUT2D eigenvalue weighted by Crippen LogP contribution is 2.43. The van der Waals surface area contributed by atoms with Crippen molar-refractivity contribution in [2.45, 2.75) is 26.8 Å². The van der Waals surface area contributed by atoms with Crippen LogP contribution in [0, 0.1) is 0 Å². The maximum atomic E-state index is 13.4. The number of rotatable bonds is 4. The van der Waals surface area contributed by atoms with Crippen molar-refractivity contribution < 1.29 is 4.79 Å². The number of carbonyl (C=O) groups is 1. The molecule has 0 radical (unpaired) electrons. The molecule has 3 aromatic rings. The van der Waals surface area contributed by atoms with Gasteiger partial charge in [0.25, 0.3) is 0 Å². The second-order valence-corrected chi connectivity index (χ2v) is 9.68. The molecule has 5 rings (SSSR count). The molecule has 3 aromatic carbocycles. The molecule has 1 N–H and O–H groups in total. The molecule has 1 heterocycles. The fourth-order valence-electron chi connectivity index (χ4n) is 3.81. The minimum Gasteiger partial charge on any atom is -0.307 e. The molecule has 2 amide bonds. The first-order valence-corrected chi connectivity index (χ1v) is 12.1. The van der Waals surface area contributed by atoms with E-state index in [-0.39, 0.29) is 17.3 Å². The molecule has 0 aromatic heterocycles. The second kappa shape index (κ2) is 9.08. The Morgan fingerprint density at radius 1 is 0.935 bits per heavy atom. The third kappa shape index (κ3) is 4.43. The number of hydrogen-bond donors (Lipinski definition) is 1. The van der Waals surface area contributed by atoms with Gasteiger partial charge in [-0.1, -0.05) is 72.8 Å². The zero-order valence-electron chi connectivity index (χ0n) is 16.8. The smallest absolute Gasteiger partial charge is 0.307 e. The number of fused-ring (bicyclic) bond motifs is 2. The molecule has 0 spiro atoms. The predicted octanol–water partition coefficient (Wildman–Crippen LogP) is 6.99. The van der Waals surface area contributed by atoms with Crippen LogP contribution in [0.5, 0.6) is 0 Å². The fraction of sp³-hybridized carbons (Fsp3) is 0.115. The van der Waals surface area contributed by atoms with Crippen LogP contribution in [-0.4, -0.2) is 17.3 Å². The highest BCUT2D eigenvalue weighted by molar-refractivity contribution is 8.00. The number of amides is 2. The van der Waals surface area contributed by atoms with E-state index in [4.69, 9.17) is 0 Å². The van der Waals surface area contributed by atoms with Gasteiger partial charge in [-0.25, -0.2) is 4.79 Å². The fourth-order valence-corrected chi connectivity index (χ4v) is 5.98. The molecular weight excluding hydrogens is 420 g/mol. The first kappa shape index (κ1) is 20.0. The molecule has 1 aliphatic carbocycles. The molecule has 3 nitrogen and oxygen atoms in total. The summed E-state index contributed by atoms with van der Waals surface area (Å²) in [6.07, 6.45) is 8.37. The van der Waals surface area contributed by atoms with Gasteiger partial charge in [-0.15, -0.1) is 23.5 Å². The average molecular weight is 443 g/mol. The number of thioether (sulfide) groups is 2. The lowest BCUT2D eigenvalue weighted by atomic mass is 10.1. The number of para-hydroxylation sites is 1. The first-order valence-electron chi connectivity index (χ1n) is 10.3. The average Bonchev–Trinajstić information content (AvgIpc) is 2.82. The van der Waals surface area contributed by atoms with E-state index in [2.05, 4.69) is 59.9 Å². The van der Waals surface area contributed by atoms with Crippen LogP contribution >= 0.6 is 23.5 Å². The van der Waals surface area contributed by atoms with Crippen molar-refractivity contribution in [1.29, 1.82) is 0 Å².